The number of furan rings is 1. The number of pyridine rings is 1. The lowest BCUT2D eigenvalue weighted by Crippen LogP contribution is -2.56. The molecule has 1 aliphatic heterocycles. The summed E-state index contributed by atoms with van der Waals surface area (Å²) in [6.07, 6.45) is 3.37. The molecule has 0 bridgehead atoms. The molecule has 3 heterocycles. The molecule has 0 spiro atoms. The zero-order valence-electron chi connectivity index (χ0n) is 9.95. The highest BCUT2D eigenvalue weighted by molar-refractivity contribution is 9.10. The third-order valence-corrected chi connectivity index (χ3v) is 3.28. The van der Waals surface area contributed by atoms with Gasteiger partial charge in [-0.05, 0) is 40.2 Å². The molecule has 0 radical (unpaired) electrons. The largest absolute Gasteiger partial charge is 0.485 e. The van der Waals surface area contributed by atoms with Crippen molar-refractivity contribution in [3.8, 4) is 5.75 Å². The molecule has 1 fully saturated rings. The van der Waals surface area contributed by atoms with Gasteiger partial charge in [0.1, 0.15) is 11.9 Å². The molecule has 5 nitrogen and oxygen atoms in total. The summed E-state index contributed by atoms with van der Waals surface area (Å²) in [6.45, 7) is 1.12. The molecule has 1 aliphatic rings. The molecule has 0 N–H and O–H groups in total. The SMILES string of the molecule is O=C(c1ccc(Br)o1)N1CC(Oc2cccnc2)C1. The maximum Gasteiger partial charge on any atom is 0.289 e. The van der Waals surface area contributed by atoms with Crippen LogP contribution < -0.4 is 4.74 Å². The Labute approximate surface area is 118 Å². The zero-order valence-corrected chi connectivity index (χ0v) is 11.5. The molecular weight excluding hydrogens is 312 g/mol. The van der Waals surface area contributed by atoms with Gasteiger partial charge in [0.25, 0.3) is 5.91 Å². The number of carbonyl (C=O) groups excluding carboxylic acids is 1. The molecule has 6 heteroatoms. The number of nitrogens with zero attached hydrogens (tertiary/aromatic N) is 2. The van der Waals surface area contributed by atoms with Gasteiger partial charge in [0.05, 0.1) is 19.3 Å². The Morgan fingerprint density at radius 1 is 1.42 bits per heavy atom. The van der Waals surface area contributed by atoms with Crippen LogP contribution in [0.5, 0.6) is 5.75 Å². The third kappa shape index (κ3) is 2.63. The van der Waals surface area contributed by atoms with Crippen LogP contribution in [0.3, 0.4) is 0 Å². The first kappa shape index (κ1) is 12.2. The van der Waals surface area contributed by atoms with Crippen LogP contribution in [0.15, 0.2) is 45.7 Å². The van der Waals surface area contributed by atoms with Crippen molar-refractivity contribution < 1.29 is 13.9 Å². The van der Waals surface area contributed by atoms with Gasteiger partial charge >= 0.3 is 0 Å². The van der Waals surface area contributed by atoms with Crippen LogP contribution in [0.4, 0.5) is 0 Å². The fourth-order valence-corrected chi connectivity index (χ4v) is 2.18. The van der Waals surface area contributed by atoms with E-state index in [1.807, 2.05) is 12.1 Å². The van der Waals surface area contributed by atoms with Crippen molar-refractivity contribution >= 4 is 21.8 Å². The van der Waals surface area contributed by atoms with Crippen molar-refractivity contribution in [2.24, 2.45) is 0 Å². The number of likely N-dealkylation sites (tertiary alicyclic amines) is 1. The predicted molar refractivity (Wildman–Crippen MR) is 71.0 cm³/mol. The molecule has 98 valence electrons. The van der Waals surface area contributed by atoms with Gasteiger partial charge < -0.3 is 14.1 Å². The first-order valence-electron chi connectivity index (χ1n) is 5.83. The standard InChI is InChI=1S/C13H11BrN2O3/c14-12-4-3-11(19-12)13(17)16-7-10(8-16)18-9-2-1-5-15-6-9/h1-6,10H,7-8H2. The van der Waals surface area contributed by atoms with E-state index in [2.05, 4.69) is 20.9 Å². The molecule has 2 aromatic rings. The number of hydrogen-bond acceptors (Lipinski definition) is 4. The number of hydrogen-bond donors (Lipinski definition) is 0. The fourth-order valence-electron chi connectivity index (χ4n) is 1.87. The normalized spacial score (nSPS) is 15.1. The van der Waals surface area contributed by atoms with Gasteiger partial charge in [0.15, 0.2) is 10.4 Å². The van der Waals surface area contributed by atoms with E-state index < -0.39 is 0 Å². The minimum Gasteiger partial charge on any atom is -0.485 e. The van der Waals surface area contributed by atoms with Gasteiger partial charge in [0.2, 0.25) is 0 Å². The van der Waals surface area contributed by atoms with Gasteiger partial charge in [-0.25, -0.2) is 0 Å². The van der Waals surface area contributed by atoms with E-state index in [-0.39, 0.29) is 12.0 Å². The minimum absolute atomic E-state index is 0.0200. The lowest BCUT2D eigenvalue weighted by atomic mass is 10.1. The summed E-state index contributed by atoms with van der Waals surface area (Å²) in [5.74, 6) is 0.948. The highest BCUT2D eigenvalue weighted by Crippen LogP contribution is 2.21. The van der Waals surface area contributed by atoms with Crippen LogP contribution >= 0.6 is 15.9 Å². The minimum atomic E-state index is -0.114. The summed E-state index contributed by atoms with van der Waals surface area (Å²) in [6, 6.07) is 7.02. The Balaban J connectivity index is 1.54. The molecule has 1 amide bonds. The van der Waals surface area contributed by atoms with Crippen LogP contribution in [0, 0.1) is 0 Å². The lowest BCUT2D eigenvalue weighted by molar-refractivity contribution is 0.0153. The van der Waals surface area contributed by atoms with Crippen molar-refractivity contribution in [2.75, 3.05) is 13.1 Å². The Bertz CT molecular complexity index is 579. The predicted octanol–water partition coefficient (Wildman–Crippen LogP) is 2.34. The maximum absolute atomic E-state index is 12.0. The summed E-state index contributed by atoms with van der Waals surface area (Å²) in [7, 11) is 0. The summed E-state index contributed by atoms with van der Waals surface area (Å²) in [4.78, 5) is 17.6. The average molecular weight is 323 g/mol. The third-order valence-electron chi connectivity index (χ3n) is 2.86. The molecule has 0 aliphatic carbocycles. The quantitative estimate of drug-likeness (QED) is 0.870. The van der Waals surface area contributed by atoms with E-state index in [1.54, 1.807) is 29.4 Å². The number of aromatic nitrogens is 1. The Morgan fingerprint density at radius 3 is 2.89 bits per heavy atom. The van der Waals surface area contributed by atoms with Crippen molar-refractivity contribution in [3.63, 3.8) is 0 Å². The number of rotatable bonds is 3. The van der Waals surface area contributed by atoms with Gasteiger partial charge in [-0.3, -0.25) is 9.78 Å². The number of halogens is 1. The van der Waals surface area contributed by atoms with Crippen LogP contribution in [0.25, 0.3) is 0 Å². The smallest absolute Gasteiger partial charge is 0.289 e. The Morgan fingerprint density at radius 2 is 2.26 bits per heavy atom. The van der Waals surface area contributed by atoms with Crippen molar-refractivity contribution in [1.29, 1.82) is 0 Å². The van der Waals surface area contributed by atoms with Gasteiger partial charge in [-0.2, -0.15) is 0 Å². The molecule has 1 saturated heterocycles. The second kappa shape index (κ2) is 5.05. The van der Waals surface area contributed by atoms with Gasteiger partial charge in [-0.1, -0.05) is 0 Å². The van der Waals surface area contributed by atoms with Crippen molar-refractivity contribution in [2.45, 2.75) is 6.10 Å². The topological polar surface area (TPSA) is 55.6 Å². The first-order valence-corrected chi connectivity index (χ1v) is 6.63. The molecule has 3 rings (SSSR count). The summed E-state index contributed by atoms with van der Waals surface area (Å²) < 4.78 is 11.5. The summed E-state index contributed by atoms with van der Waals surface area (Å²) >= 11 is 3.18. The molecule has 0 aromatic carbocycles. The van der Waals surface area contributed by atoms with Crippen LogP contribution in [0.1, 0.15) is 10.6 Å². The maximum atomic E-state index is 12.0. The molecule has 0 atom stereocenters. The Kier molecular flexibility index (Phi) is 3.25. The lowest BCUT2D eigenvalue weighted by Gasteiger charge is -2.38. The zero-order chi connectivity index (χ0) is 13.2. The average Bonchev–Trinajstić information content (AvgIpc) is 2.80. The summed E-state index contributed by atoms with van der Waals surface area (Å²) in [5, 5.41) is 0. The first-order chi connectivity index (χ1) is 9.22. The van der Waals surface area contributed by atoms with E-state index in [0.717, 1.165) is 5.75 Å². The highest BCUT2D eigenvalue weighted by Gasteiger charge is 2.34. The highest BCUT2D eigenvalue weighted by atomic mass is 79.9. The van der Waals surface area contributed by atoms with E-state index in [4.69, 9.17) is 9.15 Å². The second-order valence-electron chi connectivity index (χ2n) is 4.24. The van der Waals surface area contributed by atoms with Crippen molar-refractivity contribution in [3.05, 3.63) is 47.1 Å². The van der Waals surface area contributed by atoms with E-state index in [9.17, 15) is 4.79 Å². The number of ether oxygens (including phenoxy) is 1. The monoisotopic (exact) mass is 322 g/mol. The molecule has 19 heavy (non-hydrogen) atoms. The van der Waals surface area contributed by atoms with E-state index >= 15 is 0 Å². The fraction of sp³-hybridized carbons (Fsp3) is 0.231. The molecule has 2 aromatic heterocycles. The van der Waals surface area contributed by atoms with E-state index in [1.165, 1.54) is 0 Å². The second-order valence-corrected chi connectivity index (χ2v) is 5.02. The van der Waals surface area contributed by atoms with Crippen LogP contribution in [-0.4, -0.2) is 35.0 Å². The van der Waals surface area contributed by atoms with Crippen LogP contribution in [0.2, 0.25) is 0 Å². The van der Waals surface area contributed by atoms with Gasteiger partial charge in [0, 0.05) is 6.20 Å². The molecule has 0 unspecified atom stereocenters. The number of amides is 1. The summed E-state index contributed by atoms with van der Waals surface area (Å²) in [5.41, 5.74) is 0. The Hall–Kier alpha value is -1.82. The van der Waals surface area contributed by atoms with Crippen LogP contribution in [-0.2, 0) is 0 Å². The van der Waals surface area contributed by atoms with Crippen molar-refractivity contribution in [1.82, 2.24) is 9.88 Å². The van der Waals surface area contributed by atoms with E-state index in [0.29, 0.717) is 23.5 Å². The molecule has 0 saturated carbocycles. The van der Waals surface area contributed by atoms with Gasteiger partial charge in [-0.15, -0.1) is 0 Å². The molecular formula is C13H11BrN2O3. The number of carbonyl (C=O) groups is 1.